The fraction of sp³-hybridized carbons (Fsp3) is 1.00. The highest BCUT2D eigenvalue weighted by Crippen LogP contribution is 2.22. The van der Waals surface area contributed by atoms with Crippen LogP contribution >= 0.6 is 0 Å². The molecule has 0 heterocycles. The predicted molar refractivity (Wildman–Crippen MR) is 50.1 cm³/mol. The average molecular weight is 172 g/mol. The van der Waals surface area contributed by atoms with Crippen molar-refractivity contribution in [2.45, 2.75) is 25.3 Å². The van der Waals surface area contributed by atoms with Crippen LogP contribution in [-0.2, 0) is 4.74 Å². The zero-order valence-electron chi connectivity index (χ0n) is 7.88. The molecule has 0 aliphatic heterocycles. The predicted octanol–water partition coefficient (Wildman–Crippen LogP) is 0.350. The Balaban J connectivity index is 1.98. The van der Waals surface area contributed by atoms with E-state index in [1.54, 1.807) is 7.11 Å². The number of nitrogens with one attached hydrogen (secondary N) is 1. The van der Waals surface area contributed by atoms with Crippen LogP contribution in [0.1, 0.15) is 19.3 Å². The van der Waals surface area contributed by atoms with E-state index in [-0.39, 0.29) is 0 Å². The minimum Gasteiger partial charge on any atom is -0.383 e. The Morgan fingerprint density at radius 3 is 2.92 bits per heavy atom. The molecule has 2 unspecified atom stereocenters. The van der Waals surface area contributed by atoms with E-state index in [9.17, 15) is 0 Å². The normalized spacial score (nSPS) is 29.5. The lowest BCUT2D eigenvalue weighted by Crippen LogP contribution is -2.34. The summed E-state index contributed by atoms with van der Waals surface area (Å²) in [4.78, 5) is 0. The van der Waals surface area contributed by atoms with E-state index in [1.807, 2.05) is 0 Å². The Kier molecular flexibility index (Phi) is 4.58. The van der Waals surface area contributed by atoms with Gasteiger partial charge in [0.05, 0.1) is 6.61 Å². The molecule has 0 aromatic carbocycles. The molecule has 1 aliphatic rings. The Hall–Kier alpha value is -0.120. The van der Waals surface area contributed by atoms with E-state index >= 15 is 0 Å². The van der Waals surface area contributed by atoms with Crippen LogP contribution < -0.4 is 11.1 Å². The summed E-state index contributed by atoms with van der Waals surface area (Å²) in [6.07, 6.45) is 3.80. The largest absolute Gasteiger partial charge is 0.383 e. The molecule has 1 rings (SSSR count). The molecule has 0 aromatic rings. The topological polar surface area (TPSA) is 47.3 Å². The first-order valence-electron chi connectivity index (χ1n) is 4.80. The van der Waals surface area contributed by atoms with Crippen LogP contribution in [0.25, 0.3) is 0 Å². The molecule has 1 saturated carbocycles. The average Bonchev–Trinajstić information content (AvgIpc) is 2.46. The van der Waals surface area contributed by atoms with Crippen molar-refractivity contribution in [3.63, 3.8) is 0 Å². The highest BCUT2D eigenvalue weighted by Gasteiger charge is 2.22. The first kappa shape index (κ1) is 9.96. The second-order valence-corrected chi connectivity index (χ2v) is 3.55. The van der Waals surface area contributed by atoms with Gasteiger partial charge in [-0.05, 0) is 25.3 Å². The molecule has 12 heavy (non-hydrogen) atoms. The fourth-order valence-electron chi connectivity index (χ4n) is 1.78. The highest BCUT2D eigenvalue weighted by molar-refractivity contribution is 4.81. The Labute approximate surface area is 74.7 Å². The molecule has 1 aliphatic carbocycles. The summed E-state index contributed by atoms with van der Waals surface area (Å²) >= 11 is 0. The number of ether oxygens (including phenoxy) is 1. The number of hydrogen-bond acceptors (Lipinski definition) is 3. The third-order valence-electron chi connectivity index (χ3n) is 2.61. The molecule has 0 spiro atoms. The molecule has 3 nitrogen and oxygen atoms in total. The maximum atomic E-state index is 5.92. The molecule has 0 radical (unpaired) electrons. The zero-order valence-corrected chi connectivity index (χ0v) is 7.88. The molecule has 3 N–H and O–H groups in total. The van der Waals surface area contributed by atoms with Crippen molar-refractivity contribution in [2.24, 2.45) is 11.7 Å². The Morgan fingerprint density at radius 2 is 2.33 bits per heavy atom. The molecule has 2 atom stereocenters. The van der Waals surface area contributed by atoms with Crippen molar-refractivity contribution in [3.8, 4) is 0 Å². The van der Waals surface area contributed by atoms with Crippen LogP contribution in [0, 0.1) is 5.92 Å². The monoisotopic (exact) mass is 172 g/mol. The molecular weight excluding hydrogens is 152 g/mol. The molecule has 3 heteroatoms. The molecule has 0 saturated heterocycles. The van der Waals surface area contributed by atoms with Crippen LogP contribution in [-0.4, -0.2) is 32.8 Å². The lowest BCUT2D eigenvalue weighted by Gasteiger charge is -2.15. The van der Waals surface area contributed by atoms with E-state index in [1.165, 1.54) is 19.3 Å². The second-order valence-electron chi connectivity index (χ2n) is 3.55. The first-order chi connectivity index (χ1) is 5.84. The van der Waals surface area contributed by atoms with Gasteiger partial charge in [0, 0.05) is 19.7 Å². The van der Waals surface area contributed by atoms with E-state index in [4.69, 9.17) is 10.5 Å². The van der Waals surface area contributed by atoms with Gasteiger partial charge in [-0.2, -0.15) is 0 Å². The second kappa shape index (κ2) is 5.51. The SMILES string of the molecule is COCCNCC1CCCC1N. The first-order valence-corrected chi connectivity index (χ1v) is 4.80. The van der Waals surface area contributed by atoms with Crippen molar-refractivity contribution in [3.05, 3.63) is 0 Å². The van der Waals surface area contributed by atoms with Crippen molar-refractivity contribution in [1.29, 1.82) is 0 Å². The number of methoxy groups -OCH3 is 1. The van der Waals surface area contributed by atoms with Gasteiger partial charge in [-0.1, -0.05) is 6.42 Å². The Bertz CT molecular complexity index is 119. The lowest BCUT2D eigenvalue weighted by molar-refractivity contribution is 0.197. The third kappa shape index (κ3) is 3.09. The van der Waals surface area contributed by atoms with Crippen molar-refractivity contribution in [1.82, 2.24) is 5.32 Å². The van der Waals surface area contributed by atoms with Gasteiger partial charge >= 0.3 is 0 Å². The zero-order chi connectivity index (χ0) is 8.81. The third-order valence-corrected chi connectivity index (χ3v) is 2.61. The van der Waals surface area contributed by atoms with Gasteiger partial charge in [-0.15, -0.1) is 0 Å². The quantitative estimate of drug-likeness (QED) is 0.588. The van der Waals surface area contributed by atoms with Gasteiger partial charge in [0.15, 0.2) is 0 Å². The maximum Gasteiger partial charge on any atom is 0.0587 e. The van der Waals surface area contributed by atoms with Gasteiger partial charge in [-0.25, -0.2) is 0 Å². The van der Waals surface area contributed by atoms with Gasteiger partial charge in [0.2, 0.25) is 0 Å². The van der Waals surface area contributed by atoms with E-state index in [0.29, 0.717) is 12.0 Å². The lowest BCUT2D eigenvalue weighted by atomic mass is 10.1. The van der Waals surface area contributed by atoms with Gasteiger partial charge in [0.1, 0.15) is 0 Å². The molecule has 72 valence electrons. The van der Waals surface area contributed by atoms with Crippen molar-refractivity contribution < 1.29 is 4.74 Å². The van der Waals surface area contributed by atoms with Crippen LogP contribution in [0.15, 0.2) is 0 Å². The molecule has 0 aromatic heterocycles. The molecule has 0 bridgehead atoms. The smallest absolute Gasteiger partial charge is 0.0587 e. The van der Waals surface area contributed by atoms with Gasteiger partial charge in [0.25, 0.3) is 0 Å². The van der Waals surface area contributed by atoms with E-state index < -0.39 is 0 Å². The van der Waals surface area contributed by atoms with Crippen molar-refractivity contribution in [2.75, 3.05) is 26.8 Å². The van der Waals surface area contributed by atoms with Crippen LogP contribution in [0.3, 0.4) is 0 Å². The minimum atomic E-state index is 0.431. The van der Waals surface area contributed by atoms with Gasteiger partial charge < -0.3 is 15.8 Å². The summed E-state index contributed by atoms with van der Waals surface area (Å²) in [5.41, 5.74) is 5.92. The number of nitrogens with two attached hydrogens (primary N) is 1. The summed E-state index contributed by atoms with van der Waals surface area (Å²) in [6.45, 7) is 2.80. The van der Waals surface area contributed by atoms with Gasteiger partial charge in [-0.3, -0.25) is 0 Å². The van der Waals surface area contributed by atoms with Crippen LogP contribution in [0.2, 0.25) is 0 Å². The van der Waals surface area contributed by atoms with E-state index in [2.05, 4.69) is 5.32 Å². The summed E-state index contributed by atoms with van der Waals surface area (Å²) < 4.78 is 4.94. The molecule has 0 amide bonds. The standard InChI is InChI=1S/C9H20N2O/c1-12-6-5-11-7-8-3-2-4-9(8)10/h8-9,11H,2-7,10H2,1H3. The number of rotatable bonds is 5. The summed E-state index contributed by atoms with van der Waals surface area (Å²) in [5.74, 6) is 0.696. The summed E-state index contributed by atoms with van der Waals surface area (Å²) in [5, 5.41) is 3.35. The van der Waals surface area contributed by atoms with Crippen LogP contribution in [0.4, 0.5) is 0 Å². The highest BCUT2D eigenvalue weighted by atomic mass is 16.5. The summed E-state index contributed by atoms with van der Waals surface area (Å²) in [7, 11) is 1.73. The Morgan fingerprint density at radius 1 is 1.50 bits per heavy atom. The molecule has 1 fully saturated rings. The maximum absolute atomic E-state index is 5.92. The van der Waals surface area contributed by atoms with Crippen LogP contribution in [0.5, 0.6) is 0 Å². The molecular formula is C9H20N2O. The fourth-order valence-corrected chi connectivity index (χ4v) is 1.78. The minimum absolute atomic E-state index is 0.431. The number of hydrogen-bond donors (Lipinski definition) is 2. The van der Waals surface area contributed by atoms with Crippen molar-refractivity contribution >= 4 is 0 Å². The van der Waals surface area contributed by atoms with E-state index in [0.717, 1.165) is 19.7 Å². The summed E-state index contributed by atoms with van der Waals surface area (Å²) in [6, 6.07) is 0.431.